The van der Waals surface area contributed by atoms with Gasteiger partial charge in [0, 0.05) is 43.9 Å². The van der Waals surface area contributed by atoms with E-state index in [-0.39, 0.29) is 5.69 Å². The van der Waals surface area contributed by atoms with Gasteiger partial charge in [0.25, 0.3) is 5.69 Å². The van der Waals surface area contributed by atoms with E-state index in [1.807, 2.05) is 11.1 Å². The summed E-state index contributed by atoms with van der Waals surface area (Å²) in [5, 5.41) is 17.0. The zero-order chi connectivity index (χ0) is 13.0. The van der Waals surface area contributed by atoms with Crippen molar-refractivity contribution in [2.45, 2.75) is 0 Å². The van der Waals surface area contributed by atoms with Gasteiger partial charge in [-0.25, -0.2) is 0 Å². The third-order valence-electron chi connectivity index (χ3n) is 2.93. The van der Waals surface area contributed by atoms with Crippen LogP contribution in [0.15, 0.2) is 29.4 Å². The molecule has 0 spiro atoms. The number of rotatable bonds is 3. The van der Waals surface area contributed by atoms with Crippen molar-refractivity contribution in [3.63, 3.8) is 0 Å². The van der Waals surface area contributed by atoms with Crippen LogP contribution >= 0.6 is 0 Å². The van der Waals surface area contributed by atoms with Crippen molar-refractivity contribution in [1.29, 1.82) is 0 Å². The molecule has 0 bridgehead atoms. The van der Waals surface area contributed by atoms with E-state index in [1.165, 1.54) is 12.1 Å². The SMILES string of the molecule is CN1CCN(/N=C/c2cccc([N+](=O)[O-])c2)CC1. The molecule has 0 atom stereocenters. The molecule has 1 aromatic carbocycles. The molecule has 2 rings (SSSR count). The molecular formula is C12H16N4O2. The molecule has 0 saturated carbocycles. The van der Waals surface area contributed by atoms with Crippen molar-refractivity contribution in [3.8, 4) is 0 Å². The quantitative estimate of drug-likeness (QED) is 0.458. The zero-order valence-corrected chi connectivity index (χ0v) is 10.3. The van der Waals surface area contributed by atoms with Crippen LogP contribution in [0.1, 0.15) is 5.56 Å². The Hall–Kier alpha value is -1.95. The Morgan fingerprint density at radius 3 is 2.72 bits per heavy atom. The Kier molecular flexibility index (Phi) is 3.88. The normalized spacial score (nSPS) is 17.3. The molecule has 96 valence electrons. The summed E-state index contributed by atoms with van der Waals surface area (Å²) in [6, 6.07) is 6.49. The van der Waals surface area contributed by atoms with Crippen LogP contribution in [-0.4, -0.2) is 54.3 Å². The molecule has 0 radical (unpaired) electrons. The molecule has 1 heterocycles. The fourth-order valence-corrected chi connectivity index (χ4v) is 1.78. The summed E-state index contributed by atoms with van der Waals surface area (Å²) in [7, 11) is 2.08. The van der Waals surface area contributed by atoms with E-state index in [4.69, 9.17) is 0 Å². The number of benzene rings is 1. The predicted molar refractivity (Wildman–Crippen MR) is 69.8 cm³/mol. The average Bonchev–Trinajstić information content (AvgIpc) is 2.38. The number of piperazine rings is 1. The Morgan fingerprint density at radius 2 is 2.06 bits per heavy atom. The van der Waals surface area contributed by atoms with Gasteiger partial charge in [-0.2, -0.15) is 5.10 Å². The molecule has 1 fully saturated rings. The van der Waals surface area contributed by atoms with Crippen LogP contribution in [0.5, 0.6) is 0 Å². The molecule has 0 N–H and O–H groups in total. The van der Waals surface area contributed by atoms with Crippen molar-refractivity contribution in [2.24, 2.45) is 5.10 Å². The minimum absolute atomic E-state index is 0.0947. The van der Waals surface area contributed by atoms with Crippen molar-refractivity contribution < 1.29 is 4.92 Å². The number of hydrazone groups is 1. The summed E-state index contributed by atoms with van der Waals surface area (Å²) in [5.74, 6) is 0. The standard InChI is InChI=1S/C12H16N4O2/c1-14-5-7-15(8-6-14)13-10-11-3-2-4-12(9-11)16(17)18/h2-4,9-10H,5-8H2,1H3/b13-10+. The highest BCUT2D eigenvalue weighted by Gasteiger charge is 2.11. The average molecular weight is 248 g/mol. The van der Waals surface area contributed by atoms with Gasteiger partial charge in [0.05, 0.1) is 11.1 Å². The van der Waals surface area contributed by atoms with Gasteiger partial charge in [-0.05, 0) is 7.05 Å². The van der Waals surface area contributed by atoms with E-state index in [0.29, 0.717) is 0 Å². The Bertz CT molecular complexity index is 453. The van der Waals surface area contributed by atoms with E-state index in [0.717, 1.165) is 31.7 Å². The number of nitrogens with zero attached hydrogens (tertiary/aromatic N) is 4. The van der Waals surface area contributed by atoms with E-state index in [9.17, 15) is 10.1 Å². The third-order valence-corrected chi connectivity index (χ3v) is 2.93. The van der Waals surface area contributed by atoms with Crippen molar-refractivity contribution >= 4 is 11.9 Å². The van der Waals surface area contributed by atoms with Crippen LogP contribution in [-0.2, 0) is 0 Å². The summed E-state index contributed by atoms with van der Waals surface area (Å²) >= 11 is 0. The first-order chi connectivity index (χ1) is 8.65. The van der Waals surface area contributed by atoms with Gasteiger partial charge in [-0.1, -0.05) is 12.1 Å². The van der Waals surface area contributed by atoms with Crippen LogP contribution in [0.3, 0.4) is 0 Å². The second kappa shape index (κ2) is 5.59. The summed E-state index contributed by atoms with van der Waals surface area (Å²) in [6.45, 7) is 3.77. The van der Waals surface area contributed by atoms with Gasteiger partial charge in [-0.3, -0.25) is 15.1 Å². The Balaban J connectivity index is 2.00. The summed E-state index contributed by atoms with van der Waals surface area (Å²) in [4.78, 5) is 12.5. The summed E-state index contributed by atoms with van der Waals surface area (Å²) in [5.41, 5.74) is 0.848. The number of nitro benzene ring substituents is 1. The fraction of sp³-hybridized carbons (Fsp3) is 0.417. The highest BCUT2D eigenvalue weighted by Crippen LogP contribution is 2.11. The maximum absolute atomic E-state index is 10.6. The lowest BCUT2D eigenvalue weighted by Gasteiger charge is -2.30. The number of hydrogen-bond donors (Lipinski definition) is 0. The molecule has 1 saturated heterocycles. The van der Waals surface area contributed by atoms with Gasteiger partial charge >= 0.3 is 0 Å². The number of hydrogen-bond acceptors (Lipinski definition) is 5. The Labute approximate surface area is 106 Å². The smallest absolute Gasteiger partial charge is 0.270 e. The first kappa shape index (κ1) is 12.5. The predicted octanol–water partition coefficient (Wildman–Crippen LogP) is 1.18. The highest BCUT2D eigenvalue weighted by molar-refractivity contribution is 5.80. The van der Waals surface area contributed by atoms with Crippen LogP contribution < -0.4 is 0 Å². The highest BCUT2D eigenvalue weighted by atomic mass is 16.6. The van der Waals surface area contributed by atoms with Crippen molar-refractivity contribution in [1.82, 2.24) is 9.91 Å². The van der Waals surface area contributed by atoms with Crippen molar-refractivity contribution in [3.05, 3.63) is 39.9 Å². The number of non-ortho nitro benzene ring substituents is 1. The van der Waals surface area contributed by atoms with Crippen LogP contribution in [0.2, 0.25) is 0 Å². The molecule has 1 aliphatic heterocycles. The molecule has 0 amide bonds. The van der Waals surface area contributed by atoms with Gasteiger partial charge < -0.3 is 4.90 Å². The molecule has 0 aromatic heterocycles. The maximum Gasteiger partial charge on any atom is 0.270 e. The largest absolute Gasteiger partial charge is 0.303 e. The summed E-state index contributed by atoms with van der Waals surface area (Å²) < 4.78 is 0. The monoisotopic (exact) mass is 248 g/mol. The number of likely N-dealkylation sites (N-methyl/N-ethyl adjacent to an activating group) is 1. The molecule has 18 heavy (non-hydrogen) atoms. The fourth-order valence-electron chi connectivity index (χ4n) is 1.78. The molecule has 1 aliphatic rings. The molecule has 6 nitrogen and oxygen atoms in total. The van der Waals surface area contributed by atoms with Gasteiger partial charge in [0.1, 0.15) is 0 Å². The minimum atomic E-state index is -0.396. The molecular weight excluding hydrogens is 232 g/mol. The van der Waals surface area contributed by atoms with Crippen LogP contribution in [0.4, 0.5) is 5.69 Å². The molecule has 0 unspecified atom stereocenters. The van der Waals surface area contributed by atoms with Gasteiger partial charge in [-0.15, -0.1) is 0 Å². The number of nitro groups is 1. The van der Waals surface area contributed by atoms with Crippen LogP contribution in [0, 0.1) is 10.1 Å². The first-order valence-corrected chi connectivity index (χ1v) is 5.87. The minimum Gasteiger partial charge on any atom is -0.303 e. The lowest BCUT2D eigenvalue weighted by atomic mass is 10.2. The maximum atomic E-state index is 10.6. The summed E-state index contributed by atoms with van der Waals surface area (Å²) in [6.07, 6.45) is 1.68. The molecule has 1 aromatic rings. The van der Waals surface area contributed by atoms with E-state index in [1.54, 1.807) is 12.3 Å². The molecule has 6 heteroatoms. The van der Waals surface area contributed by atoms with E-state index in [2.05, 4.69) is 17.0 Å². The first-order valence-electron chi connectivity index (χ1n) is 5.87. The lowest BCUT2D eigenvalue weighted by molar-refractivity contribution is -0.384. The lowest BCUT2D eigenvalue weighted by Crippen LogP contribution is -2.41. The van der Waals surface area contributed by atoms with E-state index >= 15 is 0 Å². The third kappa shape index (κ3) is 3.27. The second-order valence-corrected chi connectivity index (χ2v) is 4.35. The van der Waals surface area contributed by atoms with Gasteiger partial charge in [0.2, 0.25) is 0 Å². The topological polar surface area (TPSA) is 62.0 Å². The zero-order valence-electron chi connectivity index (χ0n) is 10.3. The molecule has 0 aliphatic carbocycles. The van der Waals surface area contributed by atoms with Crippen LogP contribution in [0.25, 0.3) is 0 Å². The Morgan fingerprint density at radius 1 is 1.33 bits per heavy atom. The van der Waals surface area contributed by atoms with Crippen molar-refractivity contribution in [2.75, 3.05) is 33.2 Å². The second-order valence-electron chi connectivity index (χ2n) is 4.35. The van der Waals surface area contributed by atoms with Gasteiger partial charge in [0.15, 0.2) is 0 Å². The van der Waals surface area contributed by atoms with E-state index < -0.39 is 4.92 Å².